The van der Waals surface area contributed by atoms with E-state index in [1.165, 1.54) is 19.4 Å². The fourth-order valence-corrected chi connectivity index (χ4v) is 4.70. The van der Waals surface area contributed by atoms with Gasteiger partial charge in [-0.2, -0.15) is 0 Å². The van der Waals surface area contributed by atoms with Crippen molar-refractivity contribution in [2.75, 3.05) is 31.1 Å². The SMILES string of the molecule is Cc1cc(-c2cnc(N3CCN4CCC[C@@H]4C3)nc2-c2cccs2)on1. The average Bonchev–Trinajstić information content (AvgIpc) is 3.42. The second-order valence-corrected chi connectivity index (χ2v) is 7.97. The third kappa shape index (κ3) is 2.81. The highest BCUT2D eigenvalue weighted by Crippen LogP contribution is 2.34. The van der Waals surface area contributed by atoms with Gasteiger partial charge in [-0.05, 0) is 37.8 Å². The van der Waals surface area contributed by atoms with Crippen LogP contribution in [0.3, 0.4) is 0 Å². The van der Waals surface area contributed by atoms with Crippen LogP contribution in [0.5, 0.6) is 0 Å². The Morgan fingerprint density at radius 3 is 3.04 bits per heavy atom. The van der Waals surface area contributed by atoms with Crippen LogP contribution >= 0.6 is 11.3 Å². The molecule has 2 saturated heterocycles. The lowest BCUT2D eigenvalue weighted by Gasteiger charge is -2.37. The number of nitrogens with zero attached hydrogens (tertiary/aromatic N) is 5. The van der Waals surface area contributed by atoms with Crippen LogP contribution in [-0.2, 0) is 0 Å². The average molecular weight is 367 g/mol. The number of aryl methyl sites for hydroxylation is 1. The van der Waals surface area contributed by atoms with E-state index in [1.807, 2.05) is 19.2 Å². The first kappa shape index (κ1) is 16.0. The largest absolute Gasteiger partial charge is 0.356 e. The monoisotopic (exact) mass is 367 g/mol. The standard InChI is InChI=1S/C19H21N5OS/c1-13-10-16(25-22-13)15-11-20-19(21-18(15)17-5-3-9-26-17)24-8-7-23-6-2-4-14(23)12-24/h3,5,9-11,14H,2,4,6-8,12H2,1H3/t14-/m1/s1. The molecule has 0 bridgehead atoms. The minimum atomic E-state index is 0.647. The van der Waals surface area contributed by atoms with Crippen molar-refractivity contribution >= 4 is 17.3 Å². The number of fused-ring (bicyclic) bond motifs is 1. The Balaban J connectivity index is 1.53. The molecule has 0 amide bonds. The van der Waals surface area contributed by atoms with Crippen molar-refractivity contribution < 1.29 is 4.52 Å². The number of thiophene rings is 1. The van der Waals surface area contributed by atoms with Crippen LogP contribution in [0.15, 0.2) is 34.3 Å². The number of aromatic nitrogens is 3. The molecule has 2 fully saturated rings. The summed E-state index contributed by atoms with van der Waals surface area (Å²) in [5.74, 6) is 1.54. The van der Waals surface area contributed by atoms with Gasteiger partial charge in [0.2, 0.25) is 5.95 Å². The van der Waals surface area contributed by atoms with Crippen LogP contribution < -0.4 is 4.90 Å². The Morgan fingerprint density at radius 1 is 1.27 bits per heavy atom. The van der Waals surface area contributed by atoms with Crippen molar-refractivity contribution in [3.8, 4) is 21.9 Å². The summed E-state index contributed by atoms with van der Waals surface area (Å²) in [7, 11) is 0. The maximum Gasteiger partial charge on any atom is 0.226 e. The second-order valence-electron chi connectivity index (χ2n) is 7.02. The zero-order chi connectivity index (χ0) is 17.5. The molecule has 6 nitrogen and oxygen atoms in total. The van der Waals surface area contributed by atoms with Gasteiger partial charge in [-0.15, -0.1) is 11.3 Å². The molecule has 5 heterocycles. The summed E-state index contributed by atoms with van der Waals surface area (Å²) in [5.41, 5.74) is 2.69. The molecule has 0 N–H and O–H groups in total. The molecule has 3 aromatic heterocycles. The van der Waals surface area contributed by atoms with E-state index in [1.54, 1.807) is 11.3 Å². The van der Waals surface area contributed by atoms with Crippen molar-refractivity contribution in [3.05, 3.63) is 35.5 Å². The number of anilines is 1. The molecular weight excluding hydrogens is 346 g/mol. The van der Waals surface area contributed by atoms with E-state index in [4.69, 9.17) is 9.51 Å². The van der Waals surface area contributed by atoms with Crippen LogP contribution in [0, 0.1) is 6.92 Å². The molecule has 1 atom stereocenters. The molecule has 2 aliphatic rings. The predicted octanol–water partition coefficient (Wildman–Crippen LogP) is 3.45. The van der Waals surface area contributed by atoms with Gasteiger partial charge in [0.15, 0.2) is 5.76 Å². The number of piperazine rings is 1. The molecule has 0 aliphatic carbocycles. The molecule has 2 aliphatic heterocycles. The van der Waals surface area contributed by atoms with E-state index in [2.05, 4.69) is 37.5 Å². The highest BCUT2D eigenvalue weighted by molar-refractivity contribution is 7.13. The van der Waals surface area contributed by atoms with E-state index < -0.39 is 0 Å². The van der Waals surface area contributed by atoms with Gasteiger partial charge in [0.05, 0.1) is 21.8 Å². The van der Waals surface area contributed by atoms with E-state index >= 15 is 0 Å². The molecule has 0 aromatic carbocycles. The topological polar surface area (TPSA) is 58.3 Å². The second kappa shape index (κ2) is 6.48. The summed E-state index contributed by atoms with van der Waals surface area (Å²) in [4.78, 5) is 15.7. The lowest BCUT2D eigenvalue weighted by Crippen LogP contribution is -2.50. The van der Waals surface area contributed by atoms with Crippen LogP contribution in [0.25, 0.3) is 21.9 Å². The molecule has 134 valence electrons. The molecule has 26 heavy (non-hydrogen) atoms. The van der Waals surface area contributed by atoms with Crippen LogP contribution in [-0.4, -0.2) is 52.2 Å². The summed E-state index contributed by atoms with van der Waals surface area (Å²) in [6.07, 6.45) is 4.48. The molecule has 0 radical (unpaired) electrons. The zero-order valence-corrected chi connectivity index (χ0v) is 15.6. The first-order chi connectivity index (χ1) is 12.8. The highest BCUT2D eigenvalue weighted by Gasteiger charge is 2.32. The van der Waals surface area contributed by atoms with Gasteiger partial charge in [0.25, 0.3) is 0 Å². The molecule has 3 aromatic rings. The zero-order valence-electron chi connectivity index (χ0n) is 14.8. The van der Waals surface area contributed by atoms with Crippen LogP contribution in [0.2, 0.25) is 0 Å². The normalized spacial score (nSPS) is 20.5. The first-order valence-corrected chi connectivity index (χ1v) is 9.99. The Labute approximate surface area is 156 Å². The summed E-state index contributed by atoms with van der Waals surface area (Å²) >= 11 is 1.68. The van der Waals surface area contributed by atoms with Crippen molar-refractivity contribution in [2.24, 2.45) is 0 Å². The molecule has 0 unspecified atom stereocenters. The van der Waals surface area contributed by atoms with Gasteiger partial charge in [0.1, 0.15) is 0 Å². The first-order valence-electron chi connectivity index (χ1n) is 9.11. The minimum Gasteiger partial charge on any atom is -0.356 e. The van der Waals surface area contributed by atoms with Gasteiger partial charge in [-0.1, -0.05) is 11.2 Å². The Hall–Kier alpha value is -2.25. The number of hydrogen-bond donors (Lipinski definition) is 0. The Morgan fingerprint density at radius 2 is 2.23 bits per heavy atom. The lowest BCUT2D eigenvalue weighted by molar-refractivity contribution is 0.229. The van der Waals surface area contributed by atoms with Crippen molar-refractivity contribution in [3.63, 3.8) is 0 Å². The fourth-order valence-electron chi connectivity index (χ4n) is 3.97. The van der Waals surface area contributed by atoms with Gasteiger partial charge in [-0.25, -0.2) is 9.97 Å². The van der Waals surface area contributed by atoms with E-state index in [9.17, 15) is 0 Å². The van der Waals surface area contributed by atoms with Crippen LogP contribution in [0.1, 0.15) is 18.5 Å². The third-order valence-corrected chi connectivity index (χ3v) is 6.17. The Bertz CT molecular complexity index is 907. The van der Waals surface area contributed by atoms with E-state index in [0.29, 0.717) is 6.04 Å². The summed E-state index contributed by atoms with van der Waals surface area (Å²) in [6.45, 7) is 6.27. The molecular formula is C19H21N5OS. The summed E-state index contributed by atoms with van der Waals surface area (Å²) in [5, 5.41) is 6.09. The smallest absolute Gasteiger partial charge is 0.226 e. The minimum absolute atomic E-state index is 0.647. The maximum atomic E-state index is 5.49. The fraction of sp³-hybridized carbons (Fsp3) is 0.421. The van der Waals surface area contributed by atoms with Gasteiger partial charge in [-0.3, -0.25) is 4.90 Å². The summed E-state index contributed by atoms with van der Waals surface area (Å²) in [6, 6.07) is 6.73. The Kier molecular flexibility index (Phi) is 3.98. The number of hydrogen-bond acceptors (Lipinski definition) is 7. The molecule has 7 heteroatoms. The molecule has 0 saturated carbocycles. The van der Waals surface area contributed by atoms with Crippen molar-refractivity contribution in [2.45, 2.75) is 25.8 Å². The number of rotatable bonds is 3. The molecule has 5 rings (SSSR count). The van der Waals surface area contributed by atoms with Gasteiger partial charge < -0.3 is 9.42 Å². The van der Waals surface area contributed by atoms with Gasteiger partial charge >= 0.3 is 0 Å². The highest BCUT2D eigenvalue weighted by atomic mass is 32.1. The van der Waals surface area contributed by atoms with Crippen molar-refractivity contribution in [1.29, 1.82) is 0 Å². The summed E-state index contributed by atoms with van der Waals surface area (Å²) < 4.78 is 5.49. The lowest BCUT2D eigenvalue weighted by atomic mass is 10.1. The van der Waals surface area contributed by atoms with Gasteiger partial charge in [0, 0.05) is 37.9 Å². The molecule has 0 spiro atoms. The predicted molar refractivity (Wildman–Crippen MR) is 102 cm³/mol. The maximum absolute atomic E-state index is 5.49. The third-order valence-electron chi connectivity index (χ3n) is 5.29. The quantitative estimate of drug-likeness (QED) is 0.707. The van der Waals surface area contributed by atoms with Crippen LogP contribution in [0.4, 0.5) is 5.95 Å². The van der Waals surface area contributed by atoms with E-state index in [0.717, 1.165) is 53.2 Å². The van der Waals surface area contributed by atoms with E-state index in [-0.39, 0.29) is 0 Å². The van der Waals surface area contributed by atoms with Crippen molar-refractivity contribution in [1.82, 2.24) is 20.0 Å².